The van der Waals surface area contributed by atoms with E-state index in [2.05, 4.69) is 34.3 Å². The number of benzene rings is 2. The van der Waals surface area contributed by atoms with Crippen LogP contribution in [0.5, 0.6) is 23.0 Å². The molecule has 1 fully saturated rings. The van der Waals surface area contributed by atoms with E-state index in [1.54, 1.807) is 28.3 Å². The normalized spacial score (nSPS) is 18.0. The summed E-state index contributed by atoms with van der Waals surface area (Å²) in [5, 5.41) is 3.14. The van der Waals surface area contributed by atoms with Gasteiger partial charge in [0.1, 0.15) is 5.75 Å². The van der Waals surface area contributed by atoms with Crippen molar-refractivity contribution < 1.29 is 23.7 Å². The third kappa shape index (κ3) is 5.71. The minimum absolute atomic E-state index is 0.0578. The highest BCUT2D eigenvalue weighted by Gasteiger charge is 2.29. The van der Waals surface area contributed by atoms with Gasteiger partial charge in [-0.25, -0.2) is 0 Å². The Morgan fingerprint density at radius 1 is 1.03 bits per heavy atom. The van der Waals surface area contributed by atoms with E-state index in [1.807, 2.05) is 12.1 Å². The molecule has 36 heavy (non-hydrogen) atoms. The van der Waals surface area contributed by atoms with Crippen LogP contribution in [-0.2, 0) is 11.2 Å². The van der Waals surface area contributed by atoms with Crippen molar-refractivity contribution in [1.82, 2.24) is 15.1 Å². The molecule has 2 aromatic carbocycles. The third-order valence-electron chi connectivity index (χ3n) is 7.14. The lowest BCUT2D eigenvalue weighted by Crippen LogP contribution is -2.44. The van der Waals surface area contributed by atoms with Crippen LogP contribution in [-0.4, -0.2) is 83.4 Å². The Morgan fingerprint density at radius 3 is 2.44 bits per heavy atom. The summed E-state index contributed by atoms with van der Waals surface area (Å²) in [6.07, 6.45) is 2.49. The number of fused-ring (bicyclic) bond motifs is 3. The highest BCUT2D eigenvalue weighted by Crippen LogP contribution is 2.50. The Morgan fingerprint density at radius 2 is 1.78 bits per heavy atom. The SMILES string of the molecule is COc1cc2c(c(OC)c1OC)-c1ccc(OCCCN3CCN(C)CC3)cc1[C@@H](NC(C)=O)CC2. The Kier molecular flexibility index (Phi) is 8.59. The fraction of sp³-hybridized carbons (Fsp3) is 0.536. The zero-order chi connectivity index (χ0) is 25.7. The minimum Gasteiger partial charge on any atom is -0.494 e. The van der Waals surface area contributed by atoms with E-state index in [0.29, 0.717) is 23.9 Å². The summed E-state index contributed by atoms with van der Waals surface area (Å²) in [6.45, 7) is 7.73. The van der Waals surface area contributed by atoms with E-state index in [0.717, 1.165) is 80.0 Å². The number of nitrogens with zero attached hydrogens (tertiary/aromatic N) is 2. The van der Waals surface area contributed by atoms with Gasteiger partial charge in [-0.05, 0) is 61.2 Å². The van der Waals surface area contributed by atoms with Crippen LogP contribution in [0.1, 0.15) is 36.9 Å². The van der Waals surface area contributed by atoms with Crippen molar-refractivity contribution in [2.45, 2.75) is 32.2 Å². The minimum atomic E-state index is -0.138. The molecule has 4 rings (SSSR count). The molecule has 1 aliphatic carbocycles. The highest BCUT2D eigenvalue weighted by atomic mass is 16.5. The van der Waals surface area contributed by atoms with Gasteiger partial charge in [-0.1, -0.05) is 6.07 Å². The monoisotopic (exact) mass is 497 g/mol. The van der Waals surface area contributed by atoms with Crippen LogP contribution in [0.4, 0.5) is 0 Å². The zero-order valence-corrected chi connectivity index (χ0v) is 22.2. The maximum absolute atomic E-state index is 12.1. The number of aryl methyl sites for hydroxylation is 1. The first-order valence-electron chi connectivity index (χ1n) is 12.7. The van der Waals surface area contributed by atoms with E-state index in [4.69, 9.17) is 18.9 Å². The van der Waals surface area contributed by atoms with E-state index >= 15 is 0 Å². The van der Waals surface area contributed by atoms with E-state index in [9.17, 15) is 4.79 Å². The molecule has 0 unspecified atom stereocenters. The number of piperazine rings is 1. The average molecular weight is 498 g/mol. The van der Waals surface area contributed by atoms with Crippen LogP contribution >= 0.6 is 0 Å². The predicted octanol–water partition coefficient (Wildman–Crippen LogP) is 3.52. The first-order valence-corrected chi connectivity index (χ1v) is 12.7. The van der Waals surface area contributed by atoms with Gasteiger partial charge < -0.3 is 34.1 Å². The molecule has 1 aliphatic heterocycles. The number of carbonyl (C=O) groups excluding carboxylic acids is 1. The molecular weight excluding hydrogens is 458 g/mol. The lowest BCUT2D eigenvalue weighted by Gasteiger charge is -2.32. The fourth-order valence-corrected chi connectivity index (χ4v) is 5.25. The smallest absolute Gasteiger partial charge is 0.217 e. The van der Waals surface area contributed by atoms with Crippen molar-refractivity contribution in [2.75, 3.05) is 67.7 Å². The summed E-state index contributed by atoms with van der Waals surface area (Å²) < 4.78 is 23.3. The van der Waals surface area contributed by atoms with Crippen molar-refractivity contribution in [1.29, 1.82) is 0 Å². The van der Waals surface area contributed by atoms with Crippen molar-refractivity contribution in [3.63, 3.8) is 0 Å². The van der Waals surface area contributed by atoms with Gasteiger partial charge in [0.05, 0.1) is 34.0 Å². The number of likely N-dealkylation sites (N-methyl/N-ethyl adjacent to an activating group) is 1. The quantitative estimate of drug-likeness (QED) is 0.532. The first-order chi connectivity index (χ1) is 17.4. The van der Waals surface area contributed by atoms with Crippen LogP contribution in [0.2, 0.25) is 0 Å². The van der Waals surface area contributed by atoms with Crippen molar-refractivity contribution in [3.8, 4) is 34.1 Å². The Bertz CT molecular complexity index is 1070. The molecule has 2 aliphatic rings. The van der Waals surface area contributed by atoms with Crippen molar-refractivity contribution in [3.05, 3.63) is 35.4 Å². The van der Waals surface area contributed by atoms with Gasteiger partial charge in [-0.2, -0.15) is 0 Å². The zero-order valence-electron chi connectivity index (χ0n) is 22.2. The molecule has 1 atom stereocenters. The second kappa shape index (κ2) is 11.8. The summed E-state index contributed by atoms with van der Waals surface area (Å²) in [4.78, 5) is 16.9. The molecule has 1 heterocycles. The van der Waals surface area contributed by atoms with Gasteiger partial charge in [0.25, 0.3) is 0 Å². The number of methoxy groups -OCH3 is 3. The number of hydrogen-bond acceptors (Lipinski definition) is 7. The molecule has 0 saturated carbocycles. The second-order valence-electron chi connectivity index (χ2n) is 9.57. The molecule has 0 spiro atoms. The number of rotatable bonds is 9. The van der Waals surface area contributed by atoms with Gasteiger partial charge >= 0.3 is 0 Å². The molecule has 1 saturated heterocycles. The highest BCUT2D eigenvalue weighted by molar-refractivity contribution is 5.84. The molecular formula is C28H39N3O5. The van der Waals surface area contributed by atoms with Crippen LogP contribution < -0.4 is 24.3 Å². The van der Waals surface area contributed by atoms with E-state index in [1.165, 1.54) is 0 Å². The lowest BCUT2D eigenvalue weighted by atomic mass is 9.93. The predicted molar refractivity (Wildman–Crippen MR) is 140 cm³/mol. The molecule has 0 bridgehead atoms. The summed E-state index contributed by atoms with van der Waals surface area (Å²) in [7, 11) is 7.06. The Labute approximate surface area is 214 Å². The number of ether oxygens (including phenoxy) is 4. The van der Waals surface area contributed by atoms with Crippen molar-refractivity contribution in [2.24, 2.45) is 0 Å². The summed E-state index contributed by atoms with van der Waals surface area (Å²) >= 11 is 0. The molecule has 1 N–H and O–H groups in total. The number of hydrogen-bond donors (Lipinski definition) is 1. The number of carbonyl (C=O) groups is 1. The van der Waals surface area contributed by atoms with Crippen LogP contribution in [0, 0.1) is 0 Å². The van der Waals surface area contributed by atoms with E-state index < -0.39 is 0 Å². The largest absolute Gasteiger partial charge is 0.494 e. The average Bonchev–Trinajstić information content (AvgIpc) is 3.02. The van der Waals surface area contributed by atoms with Gasteiger partial charge in [-0.15, -0.1) is 0 Å². The Balaban J connectivity index is 1.60. The Hall–Kier alpha value is -2.97. The van der Waals surface area contributed by atoms with Gasteiger partial charge in [0.15, 0.2) is 11.5 Å². The standard InChI is InChI=1S/C28H39N3O5/c1-19(32)29-24-10-7-20-17-25(33-3)27(34-4)28(35-5)26(20)22-9-8-21(18-23(22)24)36-16-6-11-31-14-12-30(2)13-15-31/h8-9,17-18,24H,6-7,10-16H2,1-5H3,(H,29,32)/t24-/m0/s1. The topological polar surface area (TPSA) is 72.5 Å². The second-order valence-corrected chi connectivity index (χ2v) is 9.57. The van der Waals surface area contributed by atoms with Gasteiger partial charge in [-0.3, -0.25) is 4.79 Å². The molecule has 0 radical (unpaired) electrons. The first kappa shape index (κ1) is 26.1. The van der Waals surface area contributed by atoms with Crippen LogP contribution in [0.15, 0.2) is 24.3 Å². The molecule has 8 heteroatoms. The third-order valence-corrected chi connectivity index (χ3v) is 7.14. The fourth-order valence-electron chi connectivity index (χ4n) is 5.25. The van der Waals surface area contributed by atoms with Crippen molar-refractivity contribution >= 4 is 5.91 Å². The van der Waals surface area contributed by atoms with Gasteiger partial charge in [0.2, 0.25) is 11.7 Å². The van der Waals surface area contributed by atoms with E-state index in [-0.39, 0.29) is 11.9 Å². The van der Waals surface area contributed by atoms with Gasteiger partial charge in [0, 0.05) is 45.2 Å². The summed E-state index contributed by atoms with van der Waals surface area (Å²) in [5.74, 6) is 2.58. The summed E-state index contributed by atoms with van der Waals surface area (Å²) in [5.41, 5.74) is 4.09. The van der Waals surface area contributed by atoms with Crippen LogP contribution in [0.3, 0.4) is 0 Å². The summed E-state index contributed by atoms with van der Waals surface area (Å²) in [6, 6.07) is 8.01. The van der Waals surface area contributed by atoms with Crippen LogP contribution in [0.25, 0.3) is 11.1 Å². The molecule has 0 aromatic heterocycles. The lowest BCUT2D eigenvalue weighted by molar-refractivity contribution is -0.119. The molecule has 1 amide bonds. The molecule has 8 nitrogen and oxygen atoms in total. The molecule has 196 valence electrons. The number of nitrogens with one attached hydrogen (secondary N) is 1. The number of amides is 1. The molecule has 2 aromatic rings. The maximum Gasteiger partial charge on any atom is 0.217 e. The maximum atomic E-state index is 12.1.